The third-order valence-corrected chi connectivity index (χ3v) is 8.52. The second kappa shape index (κ2) is 9.34. The molecule has 1 aliphatic heterocycles. The number of amides is 2. The van der Waals surface area contributed by atoms with Crippen LogP contribution in [-0.4, -0.2) is 39.8 Å². The number of pyridine rings is 1. The van der Waals surface area contributed by atoms with E-state index >= 15 is 0 Å². The van der Waals surface area contributed by atoms with Gasteiger partial charge in [-0.15, -0.1) is 0 Å². The summed E-state index contributed by atoms with van der Waals surface area (Å²) in [5, 5.41) is 6.31. The Hall–Kier alpha value is -3.43. The number of carbonyl (C=O) groups is 2. The van der Waals surface area contributed by atoms with Gasteiger partial charge in [0, 0.05) is 23.7 Å². The van der Waals surface area contributed by atoms with Crippen molar-refractivity contribution >= 4 is 17.5 Å². The highest BCUT2D eigenvalue weighted by molar-refractivity contribution is 6.04. The van der Waals surface area contributed by atoms with Crippen molar-refractivity contribution in [2.75, 3.05) is 5.32 Å². The van der Waals surface area contributed by atoms with E-state index in [4.69, 9.17) is 0 Å². The largest absolute Gasteiger partial charge is 0.416 e. The van der Waals surface area contributed by atoms with Crippen LogP contribution in [0.1, 0.15) is 78.7 Å². The summed E-state index contributed by atoms with van der Waals surface area (Å²) in [6, 6.07) is 2.69. The first-order chi connectivity index (χ1) is 18.5. The van der Waals surface area contributed by atoms with Crippen molar-refractivity contribution in [3.63, 3.8) is 0 Å². The zero-order valence-corrected chi connectivity index (χ0v) is 21.7. The summed E-state index contributed by atoms with van der Waals surface area (Å²) < 4.78 is 54.1. The number of rotatable bonds is 7. The Labute approximate surface area is 223 Å². The number of halogens is 4. The Morgan fingerprint density at radius 2 is 1.85 bits per heavy atom. The minimum atomic E-state index is -4.66. The molecule has 0 bridgehead atoms. The number of nitrogens with zero attached hydrogens (tertiary/aromatic N) is 2. The maximum Gasteiger partial charge on any atom is 0.416 e. The Bertz CT molecular complexity index is 1380. The fourth-order valence-electron chi connectivity index (χ4n) is 5.83. The van der Waals surface area contributed by atoms with Gasteiger partial charge in [0.25, 0.3) is 5.91 Å². The molecule has 2 heterocycles. The third-order valence-electron chi connectivity index (χ3n) is 8.52. The van der Waals surface area contributed by atoms with Gasteiger partial charge in [-0.1, -0.05) is 6.07 Å². The fourth-order valence-corrected chi connectivity index (χ4v) is 5.83. The average Bonchev–Trinajstić information content (AvgIpc) is 3.76. The lowest BCUT2D eigenvalue weighted by Gasteiger charge is -2.31. The summed E-state index contributed by atoms with van der Waals surface area (Å²) in [5.74, 6) is -1.77. The van der Waals surface area contributed by atoms with Gasteiger partial charge in [-0.25, -0.2) is 4.39 Å². The van der Waals surface area contributed by atoms with Crippen LogP contribution >= 0.6 is 0 Å². The lowest BCUT2D eigenvalue weighted by molar-refractivity contribution is -0.137. The molecule has 3 atom stereocenters. The summed E-state index contributed by atoms with van der Waals surface area (Å²) in [4.78, 5) is 33.6. The average molecular weight is 543 g/mol. The zero-order chi connectivity index (χ0) is 27.6. The summed E-state index contributed by atoms with van der Waals surface area (Å²) in [7, 11) is 0. The molecular weight excluding hydrogens is 512 g/mol. The number of hydrogen-bond acceptors (Lipinski definition) is 4. The molecule has 1 aromatic heterocycles. The Balaban J connectivity index is 1.26. The molecule has 0 unspecified atom stereocenters. The molecule has 6 rings (SSSR count). The smallest absolute Gasteiger partial charge is 0.380 e. The number of aryl methyl sites for hydroxylation is 1. The molecule has 3 aliphatic carbocycles. The van der Waals surface area contributed by atoms with E-state index in [9.17, 15) is 27.2 Å². The maximum absolute atomic E-state index is 14.9. The van der Waals surface area contributed by atoms with Gasteiger partial charge in [0.2, 0.25) is 5.91 Å². The monoisotopic (exact) mass is 542 g/mol. The van der Waals surface area contributed by atoms with Gasteiger partial charge < -0.3 is 15.5 Å². The lowest BCUT2D eigenvalue weighted by atomic mass is 9.92. The number of fused-ring (bicyclic) bond motifs is 1. The van der Waals surface area contributed by atoms with Crippen molar-refractivity contribution in [2.45, 2.75) is 82.7 Å². The topological polar surface area (TPSA) is 74.3 Å². The fraction of sp³-hybridized carbons (Fsp3) is 0.483. The Morgan fingerprint density at radius 1 is 1.10 bits per heavy atom. The predicted octanol–water partition coefficient (Wildman–Crippen LogP) is 5.69. The van der Waals surface area contributed by atoms with Crippen LogP contribution in [0, 0.1) is 18.7 Å². The van der Waals surface area contributed by atoms with Crippen molar-refractivity contribution in [2.24, 2.45) is 5.92 Å². The minimum absolute atomic E-state index is 0.0343. The number of nitrogens with one attached hydrogen (secondary N) is 2. The first-order valence-electron chi connectivity index (χ1n) is 13.5. The van der Waals surface area contributed by atoms with Crippen LogP contribution < -0.4 is 10.6 Å². The van der Waals surface area contributed by atoms with Crippen LogP contribution in [0.5, 0.6) is 0 Å². The number of hydrogen-bond donors (Lipinski definition) is 2. The van der Waals surface area contributed by atoms with Crippen molar-refractivity contribution in [1.82, 2.24) is 15.2 Å². The minimum Gasteiger partial charge on any atom is -0.380 e. The van der Waals surface area contributed by atoms with Gasteiger partial charge in [-0.05, 0) is 81.2 Å². The van der Waals surface area contributed by atoms with Crippen LogP contribution in [0.4, 0.5) is 23.2 Å². The van der Waals surface area contributed by atoms with Crippen molar-refractivity contribution in [1.29, 1.82) is 0 Å². The van der Waals surface area contributed by atoms with E-state index in [1.807, 2.05) is 13.8 Å². The van der Waals surface area contributed by atoms with Crippen LogP contribution in [0.2, 0.25) is 0 Å². The number of likely N-dealkylation sites (tertiary alicyclic amines) is 1. The van der Waals surface area contributed by atoms with Gasteiger partial charge >= 0.3 is 6.18 Å². The van der Waals surface area contributed by atoms with Gasteiger partial charge in [0.15, 0.2) is 0 Å². The van der Waals surface area contributed by atoms with Gasteiger partial charge in [0.05, 0.1) is 35.1 Å². The van der Waals surface area contributed by atoms with Crippen LogP contribution in [0.3, 0.4) is 0 Å². The third kappa shape index (κ3) is 4.78. The van der Waals surface area contributed by atoms with E-state index < -0.39 is 35.5 Å². The molecule has 10 heteroatoms. The zero-order valence-electron chi connectivity index (χ0n) is 21.7. The molecule has 2 amide bonds. The predicted molar refractivity (Wildman–Crippen MR) is 136 cm³/mol. The molecule has 2 N–H and O–H groups in total. The van der Waals surface area contributed by atoms with Crippen molar-refractivity contribution in [3.05, 3.63) is 69.8 Å². The molecule has 2 aromatic rings. The number of aromatic nitrogens is 1. The van der Waals surface area contributed by atoms with Crippen molar-refractivity contribution in [3.8, 4) is 0 Å². The molecule has 0 spiro atoms. The summed E-state index contributed by atoms with van der Waals surface area (Å²) >= 11 is 0. The van der Waals surface area contributed by atoms with E-state index in [0.717, 1.165) is 55.4 Å². The van der Waals surface area contributed by atoms with Crippen LogP contribution in [-0.2, 0) is 11.0 Å². The first kappa shape index (κ1) is 25.8. The quantitative estimate of drug-likeness (QED) is 0.348. The van der Waals surface area contributed by atoms with E-state index in [0.29, 0.717) is 29.4 Å². The Kier molecular flexibility index (Phi) is 6.19. The molecular formula is C29H30F4N4O2. The molecule has 1 saturated heterocycles. The van der Waals surface area contributed by atoms with Gasteiger partial charge in [-0.2, -0.15) is 13.2 Å². The van der Waals surface area contributed by atoms with E-state index in [1.54, 1.807) is 17.2 Å². The Morgan fingerprint density at radius 3 is 2.46 bits per heavy atom. The first-order valence-corrected chi connectivity index (χ1v) is 13.5. The van der Waals surface area contributed by atoms with Crippen LogP contribution in [0.15, 0.2) is 41.6 Å². The molecule has 206 valence electrons. The van der Waals surface area contributed by atoms with E-state index in [2.05, 4.69) is 15.6 Å². The number of anilines is 1. The molecule has 2 saturated carbocycles. The summed E-state index contributed by atoms with van der Waals surface area (Å²) in [5.41, 5.74) is 2.87. The molecule has 0 radical (unpaired) electrons. The van der Waals surface area contributed by atoms with E-state index in [-0.39, 0.29) is 29.5 Å². The normalized spacial score (nSPS) is 23.3. The standard InChI is InChI=1S/C29H30F4N4O2/c1-14-10-21(23(13-34-14)35-18-4-3-5-18)28(39)37-24(12-20-15(2)26(20)37)27(38)36-25(16-6-7-16)19-9-8-17(11-22(19)30)29(31,32)33/h8-11,13,16,18,24-26,35H,3-7,12H2,1-2H3,(H,36,38)/t24-,25-,26-/m1/s1. The highest BCUT2D eigenvalue weighted by atomic mass is 19.4. The highest BCUT2D eigenvalue weighted by Gasteiger charge is 2.54. The van der Waals surface area contributed by atoms with Gasteiger partial charge in [-0.3, -0.25) is 14.6 Å². The number of benzene rings is 1. The lowest BCUT2D eigenvalue weighted by Crippen LogP contribution is -2.49. The van der Waals surface area contributed by atoms with Crippen LogP contribution in [0.25, 0.3) is 0 Å². The molecule has 3 fully saturated rings. The molecule has 6 nitrogen and oxygen atoms in total. The molecule has 1 aromatic carbocycles. The van der Waals surface area contributed by atoms with Crippen molar-refractivity contribution < 1.29 is 27.2 Å². The maximum atomic E-state index is 14.9. The number of carbonyl (C=O) groups excluding carboxylic acids is 2. The second-order valence-corrected chi connectivity index (χ2v) is 11.2. The van der Waals surface area contributed by atoms with Gasteiger partial charge in [0.1, 0.15) is 11.9 Å². The van der Waals surface area contributed by atoms with E-state index in [1.165, 1.54) is 0 Å². The second-order valence-electron chi connectivity index (χ2n) is 11.2. The SMILES string of the molecule is CC1=C2C[C@H](C(=O)N[C@@H](c3ccc(C(F)(F)F)cc3F)C3CC3)N(C(=O)c3cc(C)ncc3NC3CCC3)[C@H]12. The molecule has 4 aliphatic rings. The summed E-state index contributed by atoms with van der Waals surface area (Å²) in [6.45, 7) is 3.76. The molecule has 39 heavy (non-hydrogen) atoms. The number of alkyl halides is 3. The summed E-state index contributed by atoms with van der Waals surface area (Å²) in [6.07, 6.45) is 2.03. The highest BCUT2D eigenvalue weighted by Crippen LogP contribution is 2.49.